The molecule has 1 amide bonds. The monoisotopic (exact) mass is 364 g/mol. The lowest BCUT2D eigenvalue weighted by molar-refractivity contribution is -0.119. The van der Waals surface area contributed by atoms with Gasteiger partial charge in [-0.25, -0.2) is 4.79 Å². The van der Waals surface area contributed by atoms with E-state index in [-0.39, 0.29) is 5.69 Å². The van der Waals surface area contributed by atoms with E-state index in [1.807, 2.05) is 6.92 Å². The first-order chi connectivity index (χ1) is 11.7. The molecular weight excluding hydrogens is 344 g/mol. The molecule has 0 aliphatic carbocycles. The van der Waals surface area contributed by atoms with Crippen LogP contribution in [0.1, 0.15) is 45.9 Å². The largest absolute Gasteiger partial charge is 0.451 e. The fraction of sp³-hybridized carbons (Fsp3) is 0.333. The van der Waals surface area contributed by atoms with Crippen LogP contribution in [-0.2, 0) is 9.53 Å². The number of halogens is 1. The van der Waals surface area contributed by atoms with Gasteiger partial charge in [0.25, 0.3) is 5.91 Å². The first-order valence-corrected chi connectivity index (χ1v) is 8.18. The molecule has 6 nitrogen and oxygen atoms in total. The Balaban J connectivity index is 1.99. The average Bonchev–Trinajstić information content (AvgIpc) is 2.83. The lowest BCUT2D eigenvalue weighted by atomic mass is 10.1. The standard InChI is InChI=1S/C18H21ClN2O4/c1-9-5-6-13(7-14(9)19)21-15(23)8-25-18(24)17-10(2)16(12(4)22)11(3)20-17/h5-7,12,20,22H,8H2,1-4H3,(H,21,23)/t12-/m1/s1. The number of aliphatic hydroxyl groups is 1. The summed E-state index contributed by atoms with van der Waals surface area (Å²) in [4.78, 5) is 27.0. The molecule has 0 radical (unpaired) electrons. The molecule has 0 fully saturated rings. The summed E-state index contributed by atoms with van der Waals surface area (Å²) in [5, 5.41) is 12.9. The molecule has 0 unspecified atom stereocenters. The van der Waals surface area contributed by atoms with Gasteiger partial charge in [-0.2, -0.15) is 0 Å². The van der Waals surface area contributed by atoms with E-state index in [2.05, 4.69) is 10.3 Å². The number of esters is 1. The van der Waals surface area contributed by atoms with Crippen LogP contribution < -0.4 is 5.32 Å². The molecule has 0 saturated carbocycles. The Labute approximate surface area is 151 Å². The van der Waals surface area contributed by atoms with Crippen molar-refractivity contribution in [3.63, 3.8) is 0 Å². The maximum atomic E-state index is 12.2. The van der Waals surface area contributed by atoms with Gasteiger partial charge in [-0.3, -0.25) is 4.79 Å². The number of aliphatic hydroxyl groups excluding tert-OH is 1. The summed E-state index contributed by atoms with van der Waals surface area (Å²) in [7, 11) is 0. The number of benzene rings is 1. The molecule has 134 valence electrons. The maximum absolute atomic E-state index is 12.2. The van der Waals surface area contributed by atoms with Crippen LogP contribution in [-0.4, -0.2) is 28.6 Å². The zero-order valence-corrected chi connectivity index (χ0v) is 15.3. The third kappa shape index (κ3) is 4.41. The highest BCUT2D eigenvalue weighted by Crippen LogP contribution is 2.25. The number of carbonyl (C=O) groups excluding carboxylic acids is 2. The highest BCUT2D eigenvalue weighted by Gasteiger charge is 2.21. The maximum Gasteiger partial charge on any atom is 0.355 e. The number of hydrogen-bond donors (Lipinski definition) is 3. The second kappa shape index (κ2) is 7.72. The van der Waals surface area contributed by atoms with Crippen LogP contribution in [0.4, 0.5) is 5.69 Å². The van der Waals surface area contributed by atoms with Crippen molar-refractivity contribution in [3.8, 4) is 0 Å². The number of anilines is 1. The van der Waals surface area contributed by atoms with Crippen LogP contribution in [0, 0.1) is 20.8 Å². The summed E-state index contributed by atoms with van der Waals surface area (Å²) in [6, 6.07) is 5.13. The van der Waals surface area contributed by atoms with Crippen molar-refractivity contribution < 1.29 is 19.4 Å². The summed E-state index contributed by atoms with van der Waals surface area (Å²) in [6.07, 6.45) is -0.701. The number of nitrogens with one attached hydrogen (secondary N) is 2. The summed E-state index contributed by atoms with van der Waals surface area (Å²) < 4.78 is 5.05. The van der Waals surface area contributed by atoms with Crippen LogP contribution in [0.15, 0.2) is 18.2 Å². The van der Waals surface area contributed by atoms with Crippen LogP contribution in [0.2, 0.25) is 5.02 Å². The Hall–Kier alpha value is -2.31. The molecular formula is C18H21ClN2O4. The van der Waals surface area contributed by atoms with Crippen molar-refractivity contribution in [1.29, 1.82) is 0 Å². The van der Waals surface area contributed by atoms with Gasteiger partial charge in [-0.1, -0.05) is 17.7 Å². The van der Waals surface area contributed by atoms with Crippen LogP contribution >= 0.6 is 11.6 Å². The topological polar surface area (TPSA) is 91.4 Å². The molecule has 1 atom stereocenters. The SMILES string of the molecule is Cc1ccc(NC(=O)COC(=O)c2[nH]c(C)c([C@@H](C)O)c2C)cc1Cl. The highest BCUT2D eigenvalue weighted by molar-refractivity contribution is 6.31. The van der Waals surface area contributed by atoms with Crippen molar-refractivity contribution in [2.45, 2.75) is 33.8 Å². The second-order valence-electron chi connectivity index (χ2n) is 5.93. The van der Waals surface area contributed by atoms with Gasteiger partial charge in [0.15, 0.2) is 6.61 Å². The van der Waals surface area contributed by atoms with E-state index in [0.29, 0.717) is 27.5 Å². The van der Waals surface area contributed by atoms with E-state index in [0.717, 1.165) is 5.56 Å². The Morgan fingerprint density at radius 3 is 2.56 bits per heavy atom. The molecule has 7 heteroatoms. The third-order valence-electron chi connectivity index (χ3n) is 3.91. The molecule has 3 N–H and O–H groups in total. The number of hydrogen-bond acceptors (Lipinski definition) is 4. The summed E-state index contributed by atoms with van der Waals surface area (Å²) in [6.45, 7) is 6.54. The van der Waals surface area contributed by atoms with Crippen LogP contribution in [0.25, 0.3) is 0 Å². The Morgan fingerprint density at radius 2 is 2.00 bits per heavy atom. The van der Waals surface area contributed by atoms with Gasteiger partial charge in [0.1, 0.15) is 5.69 Å². The van der Waals surface area contributed by atoms with Crippen molar-refractivity contribution >= 4 is 29.2 Å². The zero-order valence-electron chi connectivity index (χ0n) is 14.6. The van der Waals surface area contributed by atoms with Crippen LogP contribution in [0.5, 0.6) is 0 Å². The number of aromatic amines is 1. The number of aromatic nitrogens is 1. The van der Waals surface area contributed by atoms with Crippen molar-refractivity contribution in [2.75, 3.05) is 11.9 Å². The predicted octanol–water partition coefficient (Wildman–Crippen LogP) is 3.44. The molecule has 2 aromatic rings. The fourth-order valence-corrected chi connectivity index (χ4v) is 2.85. The van der Waals surface area contributed by atoms with Crippen LogP contribution in [0.3, 0.4) is 0 Å². The van der Waals surface area contributed by atoms with E-state index >= 15 is 0 Å². The molecule has 0 aliphatic rings. The van der Waals surface area contributed by atoms with Gasteiger partial charge >= 0.3 is 5.97 Å². The van der Waals surface area contributed by atoms with E-state index in [4.69, 9.17) is 16.3 Å². The normalized spacial score (nSPS) is 11.9. The fourth-order valence-electron chi connectivity index (χ4n) is 2.67. The summed E-state index contributed by atoms with van der Waals surface area (Å²) in [5.41, 5.74) is 3.63. The highest BCUT2D eigenvalue weighted by atomic mass is 35.5. The van der Waals surface area contributed by atoms with Gasteiger partial charge < -0.3 is 20.1 Å². The van der Waals surface area contributed by atoms with E-state index in [9.17, 15) is 14.7 Å². The van der Waals surface area contributed by atoms with Gasteiger partial charge in [-0.05, 0) is 51.0 Å². The molecule has 0 aliphatic heterocycles. The lowest BCUT2D eigenvalue weighted by Gasteiger charge is -2.08. The molecule has 1 aromatic heterocycles. The minimum Gasteiger partial charge on any atom is -0.451 e. The molecule has 25 heavy (non-hydrogen) atoms. The van der Waals surface area contributed by atoms with Gasteiger partial charge in [0.05, 0.1) is 6.10 Å². The molecule has 0 bridgehead atoms. The smallest absolute Gasteiger partial charge is 0.355 e. The first kappa shape index (κ1) is 19.0. The minimum atomic E-state index is -0.701. The predicted molar refractivity (Wildman–Crippen MR) is 96.0 cm³/mol. The Bertz CT molecular complexity index is 812. The molecule has 1 heterocycles. The second-order valence-corrected chi connectivity index (χ2v) is 6.34. The number of aryl methyl sites for hydroxylation is 2. The van der Waals surface area contributed by atoms with Gasteiger partial charge in [0.2, 0.25) is 0 Å². The Kier molecular flexibility index (Phi) is 5.87. The number of amides is 1. The third-order valence-corrected chi connectivity index (χ3v) is 4.31. The number of ether oxygens (including phenoxy) is 1. The molecule has 2 rings (SSSR count). The van der Waals surface area contributed by atoms with E-state index < -0.39 is 24.6 Å². The number of carbonyl (C=O) groups is 2. The summed E-state index contributed by atoms with van der Waals surface area (Å²) >= 11 is 6.00. The van der Waals surface area contributed by atoms with Crippen molar-refractivity contribution in [2.24, 2.45) is 0 Å². The van der Waals surface area contributed by atoms with E-state index in [1.165, 1.54) is 0 Å². The van der Waals surface area contributed by atoms with Crippen molar-refractivity contribution in [3.05, 3.63) is 51.3 Å². The van der Waals surface area contributed by atoms with Crippen molar-refractivity contribution in [1.82, 2.24) is 4.98 Å². The minimum absolute atomic E-state index is 0.236. The Morgan fingerprint density at radius 1 is 1.32 bits per heavy atom. The lowest BCUT2D eigenvalue weighted by Crippen LogP contribution is -2.21. The van der Waals surface area contributed by atoms with Gasteiger partial charge in [-0.15, -0.1) is 0 Å². The first-order valence-electron chi connectivity index (χ1n) is 7.81. The molecule has 1 aromatic carbocycles. The van der Waals surface area contributed by atoms with E-state index in [1.54, 1.807) is 39.0 Å². The molecule has 0 spiro atoms. The number of H-pyrrole nitrogens is 1. The average molecular weight is 365 g/mol. The zero-order chi connectivity index (χ0) is 18.7. The summed E-state index contributed by atoms with van der Waals surface area (Å²) in [5.74, 6) is -1.12. The quantitative estimate of drug-likeness (QED) is 0.709. The van der Waals surface area contributed by atoms with Gasteiger partial charge in [0, 0.05) is 22.0 Å². The molecule has 0 saturated heterocycles. The number of rotatable bonds is 5.